The zero-order valence-electron chi connectivity index (χ0n) is 15.9. The van der Waals surface area contributed by atoms with Gasteiger partial charge in [0.15, 0.2) is 9.84 Å². The van der Waals surface area contributed by atoms with Crippen LogP contribution in [0.2, 0.25) is 0 Å². The summed E-state index contributed by atoms with van der Waals surface area (Å²) in [6, 6.07) is 2.81. The first kappa shape index (κ1) is 20.4. The second-order valence-electron chi connectivity index (χ2n) is 6.70. The predicted octanol–water partition coefficient (Wildman–Crippen LogP) is 2.68. The topological polar surface area (TPSA) is 106 Å². The van der Waals surface area contributed by atoms with Gasteiger partial charge in [0.2, 0.25) is 0 Å². The average molecular weight is 449 g/mol. The Hall–Kier alpha value is -2.92. The van der Waals surface area contributed by atoms with E-state index in [1.54, 1.807) is 19.1 Å². The van der Waals surface area contributed by atoms with E-state index in [2.05, 4.69) is 15.1 Å². The van der Waals surface area contributed by atoms with Crippen molar-refractivity contribution in [3.8, 4) is 11.4 Å². The molecule has 3 aromatic heterocycles. The molecule has 0 atom stereocenters. The van der Waals surface area contributed by atoms with Crippen molar-refractivity contribution < 1.29 is 22.1 Å². The smallest absolute Gasteiger partial charge is 0.265 e. The number of aryl methyl sites for hydroxylation is 1. The van der Waals surface area contributed by atoms with Crippen molar-refractivity contribution in [2.75, 3.05) is 24.6 Å². The number of nitrogens with zero attached hydrogens (tertiary/aromatic N) is 4. The number of amides is 1. The molecule has 1 amide bonds. The summed E-state index contributed by atoms with van der Waals surface area (Å²) in [5.41, 5.74) is 1.63. The molecular weight excluding hydrogens is 431 g/mol. The molecule has 1 aliphatic heterocycles. The molecule has 1 aliphatic rings. The zero-order chi connectivity index (χ0) is 21.3. The quantitative estimate of drug-likeness (QED) is 0.604. The molecule has 0 aliphatic carbocycles. The van der Waals surface area contributed by atoms with Gasteiger partial charge in [0.05, 0.1) is 29.6 Å². The molecule has 1 saturated heterocycles. The van der Waals surface area contributed by atoms with Crippen molar-refractivity contribution in [3.63, 3.8) is 0 Å². The van der Waals surface area contributed by atoms with Crippen LogP contribution in [0, 0.1) is 12.7 Å². The monoisotopic (exact) mass is 448 g/mol. The molecule has 156 valence electrons. The van der Waals surface area contributed by atoms with Crippen LogP contribution in [0.5, 0.6) is 0 Å². The first-order valence-corrected chi connectivity index (χ1v) is 11.7. The van der Waals surface area contributed by atoms with Gasteiger partial charge in [-0.25, -0.2) is 17.8 Å². The molecule has 0 saturated carbocycles. The molecule has 3 aromatic rings. The number of rotatable bonds is 4. The SMILES string of the molecule is Cc1onc(-c2ccc(F)cn2)c1/C=C/c1ncc(C(=O)N2CCS(=O)(=O)CC2)s1. The van der Waals surface area contributed by atoms with Crippen LogP contribution in [0.4, 0.5) is 4.39 Å². The number of carbonyl (C=O) groups excluding carboxylic acids is 1. The summed E-state index contributed by atoms with van der Waals surface area (Å²) in [5.74, 6) is -0.134. The fourth-order valence-corrected chi connectivity index (χ4v) is 4.96. The highest BCUT2D eigenvalue weighted by Crippen LogP contribution is 2.26. The Bertz CT molecular complexity index is 1200. The van der Waals surface area contributed by atoms with Crippen LogP contribution in [-0.2, 0) is 9.84 Å². The highest BCUT2D eigenvalue weighted by atomic mass is 32.2. The first-order chi connectivity index (χ1) is 14.3. The molecule has 4 heterocycles. The number of aromatic nitrogens is 3. The van der Waals surface area contributed by atoms with E-state index in [0.717, 1.165) is 6.20 Å². The number of hydrogen-bond donors (Lipinski definition) is 0. The molecule has 11 heteroatoms. The van der Waals surface area contributed by atoms with Crippen LogP contribution in [0.25, 0.3) is 23.5 Å². The lowest BCUT2D eigenvalue weighted by atomic mass is 10.1. The minimum absolute atomic E-state index is 0.0166. The van der Waals surface area contributed by atoms with E-state index in [-0.39, 0.29) is 30.5 Å². The van der Waals surface area contributed by atoms with Crippen molar-refractivity contribution in [2.45, 2.75) is 6.92 Å². The molecule has 0 unspecified atom stereocenters. The maximum atomic E-state index is 13.1. The van der Waals surface area contributed by atoms with Crippen LogP contribution in [-0.4, -0.2) is 58.9 Å². The maximum Gasteiger partial charge on any atom is 0.265 e. The van der Waals surface area contributed by atoms with E-state index in [1.807, 2.05) is 0 Å². The lowest BCUT2D eigenvalue weighted by Crippen LogP contribution is -2.43. The third-order valence-corrected chi connectivity index (χ3v) is 7.20. The number of thiazole rings is 1. The van der Waals surface area contributed by atoms with Gasteiger partial charge < -0.3 is 9.42 Å². The van der Waals surface area contributed by atoms with Gasteiger partial charge in [0.25, 0.3) is 5.91 Å². The van der Waals surface area contributed by atoms with Crippen molar-refractivity contribution >= 4 is 39.2 Å². The third-order valence-electron chi connectivity index (χ3n) is 4.64. The van der Waals surface area contributed by atoms with Gasteiger partial charge in [0.1, 0.15) is 27.2 Å². The highest BCUT2D eigenvalue weighted by Gasteiger charge is 2.26. The van der Waals surface area contributed by atoms with E-state index >= 15 is 0 Å². The molecular formula is C19H17FN4O4S2. The molecule has 0 aromatic carbocycles. The van der Waals surface area contributed by atoms with Gasteiger partial charge in [-0.1, -0.05) is 5.16 Å². The summed E-state index contributed by atoms with van der Waals surface area (Å²) in [7, 11) is -3.05. The van der Waals surface area contributed by atoms with Gasteiger partial charge in [-0.3, -0.25) is 9.78 Å². The normalized spacial score (nSPS) is 16.3. The van der Waals surface area contributed by atoms with Crippen LogP contribution in [0.1, 0.15) is 26.0 Å². The summed E-state index contributed by atoms with van der Waals surface area (Å²) >= 11 is 1.21. The Morgan fingerprint density at radius 2 is 1.97 bits per heavy atom. The van der Waals surface area contributed by atoms with Gasteiger partial charge >= 0.3 is 0 Å². The number of pyridine rings is 1. The third kappa shape index (κ3) is 4.31. The number of carbonyl (C=O) groups is 1. The van der Waals surface area contributed by atoms with Crippen LogP contribution in [0.3, 0.4) is 0 Å². The molecule has 0 spiro atoms. The predicted molar refractivity (Wildman–Crippen MR) is 110 cm³/mol. The maximum absolute atomic E-state index is 13.1. The Balaban J connectivity index is 1.51. The lowest BCUT2D eigenvalue weighted by Gasteiger charge is -2.25. The lowest BCUT2D eigenvalue weighted by molar-refractivity contribution is 0.0775. The van der Waals surface area contributed by atoms with E-state index in [4.69, 9.17) is 4.52 Å². The van der Waals surface area contributed by atoms with Gasteiger partial charge in [-0.15, -0.1) is 11.3 Å². The van der Waals surface area contributed by atoms with Crippen molar-refractivity contribution in [1.82, 2.24) is 20.0 Å². The molecule has 0 bridgehead atoms. The second kappa shape index (κ2) is 8.07. The molecule has 4 rings (SSSR count). The number of sulfone groups is 1. The summed E-state index contributed by atoms with van der Waals surface area (Å²) < 4.78 is 41.5. The van der Waals surface area contributed by atoms with Crippen molar-refractivity contribution in [3.05, 3.63) is 51.6 Å². The summed E-state index contributed by atoms with van der Waals surface area (Å²) in [6.45, 7) is 2.14. The number of hydrogen-bond acceptors (Lipinski definition) is 8. The Kier molecular flexibility index (Phi) is 5.48. The number of halogens is 1. The largest absolute Gasteiger partial charge is 0.360 e. The van der Waals surface area contributed by atoms with Crippen LogP contribution in [0.15, 0.2) is 29.0 Å². The standard InChI is InChI=1S/C19H17FN4O4S2/c1-12-14(18(23-28-12)15-4-2-13(20)10-21-15)3-5-17-22-11-16(29-17)19(25)24-6-8-30(26,27)9-7-24/h2-5,10-11H,6-9H2,1H3/b5-3+. The molecule has 30 heavy (non-hydrogen) atoms. The summed E-state index contributed by atoms with van der Waals surface area (Å²) in [4.78, 5) is 22.8. The molecule has 8 nitrogen and oxygen atoms in total. The zero-order valence-corrected chi connectivity index (χ0v) is 17.5. The molecule has 0 N–H and O–H groups in total. The molecule has 0 radical (unpaired) electrons. The summed E-state index contributed by atoms with van der Waals surface area (Å²) in [5, 5.41) is 4.59. The van der Waals surface area contributed by atoms with E-state index < -0.39 is 15.7 Å². The Morgan fingerprint density at radius 3 is 2.67 bits per heavy atom. The van der Waals surface area contributed by atoms with Gasteiger partial charge in [-0.05, 0) is 31.2 Å². The second-order valence-corrected chi connectivity index (χ2v) is 10.1. The first-order valence-electron chi connectivity index (χ1n) is 9.04. The fraction of sp³-hybridized carbons (Fsp3) is 0.263. The fourth-order valence-electron chi connectivity index (χ4n) is 2.97. The van der Waals surface area contributed by atoms with Crippen LogP contribution < -0.4 is 0 Å². The van der Waals surface area contributed by atoms with Gasteiger partial charge in [0, 0.05) is 18.7 Å². The minimum Gasteiger partial charge on any atom is -0.360 e. The van der Waals surface area contributed by atoms with E-state index in [1.165, 1.54) is 34.6 Å². The highest BCUT2D eigenvalue weighted by molar-refractivity contribution is 7.91. The minimum atomic E-state index is -3.05. The van der Waals surface area contributed by atoms with Crippen molar-refractivity contribution in [1.29, 1.82) is 0 Å². The average Bonchev–Trinajstić information content (AvgIpc) is 3.33. The Labute approximate surface area is 176 Å². The Morgan fingerprint density at radius 1 is 1.20 bits per heavy atom. The van der Waals surface area contributed by atoms with E-state index in [0.29, 0.717) is 32.6 Å². The van der Waals surface area contributed by atoms with Gasteiger partial charge in [-0.2, -0.15) is 0 Å². The van der Waals surface area contributed by atoms with Crippen molar-refractivity contribution in [2.24, 2.45) is 0 Å². The van der Waals surface area contributed by atoms with E-state index in [9.17, 15) is 17.6 Å². The van der Waals surface area contributed by atoms with Crippen LogP contribution >= 0.6 is 11.3 Å². The molecule has 1 fully saturated rings. The summed E-state index contributed by atoms with van der Waals surface area (Å²) in [6.07, 6.45) is 6.08.